The molecule has 5 rings (SSSR count). The SMILES string of the molecule is CCOc1ccc2oc(C)c(C(=O)Oc3ccc4c(c3)O/C(=C\c3ccccc3Br)C4=O)c2c1. The quantitative estimate of drug-likeness (QED) is 0.165. The number of Topliss-reactive ketones (excluding diaryl/α,β-unsaturated/α-hetero) is 1. The molecule has 0 radical (unpaired) electrons. The summed E-state index contributed by atoms with van der Waals surface area (Å²) < 4.78 is 23.5. The predicted molar refractivity (Wildman–Crippen MR) is 131 cm³/mol. The molecule has 0 atom stereocenters. The summed E-state index contributed by atoms with van der Waals surface area (Å²) in [4.78, 5) is 25.8. The third-order valence-electron chi connectivity index (χ3n) is 5.39. The van der Waals surface area contributed by atoms with E-state index >= 15 is 0 Å². The van der Waals surface area contributed by atoms with Crippen LogP contribution >= 0.6 is 15.9 Å². The normalized spacial score (nSPS) is 13.7. The van der Waals surface area contributed by atoms with Crippen LogP contribution in [0, 0.1) is 6.92 Å². The van der Waals surface area contributed by atoms with Crippen molar-refractivity contribution < 1.29 is 28.2 Å². The number of ether oxygens (including phenoxy) is 3. The highest BCUT2D eigenvalue weighted by Crippen LogP contribution is 2.36. The zero-order valence-electron chi connectivity index (χ0n) is 18.4. The number of furan rings is 1. The summed E-state index contributed by atoms with van der Waals surface area (Å²) in [5.74, 6) is 1.07. The zero-order valence-corrected chi connectivity index (χ0v) is 20.0. The van der Waals surface area contributed by atoms with E-state index in [0.717, 1.165) is 10.0 Å². The van der Waals surface area contributed by atoms with E-state index in [4.69, 9.17) is 18.6 Å². The first-order valence-electron chi connectivity index (χ1n) is 10.7. The van der Waals surface area contributed by atoms with Gasteiger partial charge in [0.1, 0.15) is 34.2 Å². The Morgan fingerprint density at radius 1 is 1.06 bits per heavy atom. The lowest BCUT2D eigenvalue weighted by atomic mass is 10.1. The van der Waals surface area contributed by atoms with E-state index < -0.39 is 5.97 Å². The fourth-order valence-corrected chi connectivity index (χ4v) is 4.23. The summed E-state index contributed by atoms with van der Waals surface area (Å²) in [5.41, 5.74) is 2.12. The Balaban J connectivity index is 1.41. The van der Waals surface area contributed by atoms with Gasteiger partial charge in [0.05, 0.1) is 12.2 Å². The lowest BCUT2D eigenvalue weighted by molar-refractivity contribution is 0.0734. The van der Waals surface area contributed by atoms with Gasteiger partial charge in [0.15, 0.2) is 5.76 Å². The molecule has 34 heavy (non-hydrogen) atoms. The average Bonchev–Trinajstić information content (AvgIpc) is 3.30. The molecular weight excluding hydrogens is 500 g/mol. The van der Waals surface area contributed by atoms with Crippen molar-refractivity contribution in [2.75, 3.05) is 6.61 Å². The minimum absolute atomic E-state index is 0.200. The van der Waals surface area contributed by atoms with Crippen LogP contribution in [-0.4, -0.2) is 18.4 Å². The molecule has 170 valence electrons. The standard InChI is InChI=1S/C27H19BrO6/c1-3-31-17-9-11-22-20(13-17)25(15(2)32-22)27(30)33-18-8-10-19-23(14-18)34-24(26(19)29)12-16-6-4-5-7-21(16)28/h4-14H,3H2,1-2H3/b24-12-. The molecule has 0 spiro atoms. The van der Waals surface area contributed by atoms with Crippen molar-refractivity contribution in [2.45, 2.75) is 13.8 Å². The highest BCUT2D eigenvalue weighted by Gasteiger charge is 2.29. The van der Waals surface area contributed by atoms with Gasteiger partial charge >= 0.3 is 5.97 Å². The molecule has 2 heterocycles. The fourth-order valence-electron chi connectivity index (χ4n) is 3.83. The first-order chi connectivity index (χ1) is 16.4. The number of aryl methyl sites for hydroxylation is 1. The molecule has 0 amide bonds. The van der Waals surface area contributed by atoms with Crippen LogP contribution in [0.3, 0.4) is 0 Å². The summed E-state index contributed by atoms with van der Waals surface area (Å²) in [7, 11) is 0. The Morgan fingerprint density at radius 3 is 2.65 bits per heavy atom. The maximum absolute atomic E-state index is 13.0. The maximum atomic E-state index is 13.0. The number of allylic oxidation sites excluding steroid dienone is 1. The largest absolute Gasteiger partial charge is 0.494 e. The number of fused-ring (bicyclic) bond motifs is 2. The number of rotatable bonds is 5. The molecule has 1 aromatic heterocycles. The van der Waals surface area contributed by atoms with E-state index in [1.807, 2.05) is 31.2 Å². The van der Waals surface area contributed by atoms with E-state index in [-0.39, 0.29) is 17.3 Å². The summed E-state index contributed by atoms with van der Waals surface area (Å²) in [5, 5.41) is 0.611. The minimum atomic E-state index is -0.571. The van der Waals surface area contributed by atoms with Gasteiger partial charge in [-0.15, -0.1) is 0 Å². The van der Waals surface area contributed by atoms with Gasteiger partial charge in [0, 0.05) is 15.9 Å². The van der Waals surface area contributed by atoms with Crippen LogP contribution in [0.25, 0.3) is 17.0 Å². The van der Waals surface area contributed by atoms with Gasteiger partial charge in [0.2, 0.25) is 5.78 Å². The van der Waals surface area contributed by atoms with Crippen molar-refractivity contribution in [3.05, 3.63) is 93.3 Å². The van der Waals surface area contributed by atoms with E-state index in [0.29, 0.717) is 46.0 Å². The molecule has 7 heteroatoms. The number of carbonyl (C=O) groups excluding carboxylic acids is 2. The third-order valence-corrected chi connectivity index (χ3v) is 6.12. The predicted octanol–water partition coefficient (Wildman–Crippen LogP) is 6.74. The van der Waals surface area contributed by atoms with E-state index in [2.05, 4.69) is 15.9 Å². The van der Waals surface area contributed by atoms with Crippen LogP contribution in [0.15, 0.2) is 75.3 Å². The number of ketones is 1. The topological polar surface area (TPSA) is 75.0 Å². The molecular formula is C27H19BrO6. The third kappa shape index (κ3) is 3.99. The van der Waals surface area contributed by atoms with Crippen molar-refractivity contribution in [1.29, 1.82) is 0 Å². The molecule has 0 saturated heterocycles. The summed E-state index contributed by atoms with van der Waals surface area (Å²) >= 11 is 3.47. The second-order valence-corrected chi connectivity index (χ2v) is 8.49. The summed E-state index contributed by atoms with van der Waals surface area (Å²) in [6, 6.07) is 17.5. The summed E-state index contributed by atoms with van der Waals surface area (Å²) in [6.07, 6.45) is 1.68. The first kappa shape index (κ1) is 22.0. The molecule has 0 bridgehead atoms. The molecule has 0 saturated carbocycles. The van der Waals surface area contributed by atoms with Gasteiger partial charge in [-0.05, 0) is 61.9 Å². The number of hydrogen-bond acceptors (Lipinski definition) is 6. The number of benzene rings is 3. The van der Waals surface area contributed by atoms with Crippen LogP contribution < -0.4 is 14.2 Å². The van der Waals surface area contributed by atoms with E-state index in [9.17, 15) is 9.59 Å². The van der Waals surface area contributed by atoms with Crippen molar-refractivity contribution in [3.63, 3.8) is 0 Å². The number of carbonyl (C=O) groups is 2. The Bertz CT molecular complexity index is 1480. The van der Waals surface area contributed by atoms with E-state index in [1.54, 1.807) is 43.3 Å². The molecule has 0 N–H and O–H groups in total. The molecule has 0 fully saturated rings. The van der Waals surface area contributed by atoms with E-state index in [1.165, 1.54) is 6.07 Å². The Labute approximate surface area is 203 Å². The molecule has 0 aliphatic carbocycles. The van der Waals surface area contributed by atoms with Crippen LogP contribution in [0.4, 0.5) is 0 Å². The Morgan fingerprint density at radius 2 is 1.85 bits per heavy atom. The highest BCUT2D eigenvalue weighted by atomic mass is 79.9. The number of esters is 1. The van der Waals surface area contributed by atoms with Gasteiger partial charge in [-0.1, -0.05) is 34.1 Å². The highest BCUT2D eigenvalue weighted by molar-refractivity contribution is 9.10. The molecule has 6 nitrogen and oxygen atoms in total. The number of hydrogen-bond donors (Lipinski definition) is 0. The smallest absolute Gasteiger partial charge is 0.347 e. The Kier molecular flexibility index (Phi) is 5.71. The minimum Gasteiger partial charge on any atom is -0.494 e. The number of halogens is 1. The molecule has 3 aromatic carbocycles. The maximum Gasteiger partial charge on any atom is 0.347 e. The van der Waals surface area contributed by atoms with Crippen molar-refractivity contribution in [3.8, 4) is 17.2 Å². The Hall–Kier alpha value is -3.84. The van der Waals surface area contributed by atoms with Crippen LogP contribution in [0.2, 0.25) is 0 Å². The van der Waals surface area contributed by atoms with Crippen molar-refractivity contribution in [1.82, 2.24) is 0 Å². The van der Waals surface area contributed by atoms with Crippen LogP contribution in [0.5, 0.6) is 17.2 Å². The van der Waals surface area contributed by atoms with Gasteiger partial charge in [0.25, 0.3) is 0 Å². The van der Waals surface area contributed by atoms with Crippen molar-refractivity contribution >= 4 is 44.7 Å². The molecule has 1 aliphatic heterocycles. The zero-order chi connectivity index (χ0) is 23.8. The lowest BCUT2D eigenvalue weighted by Gasteiger charge is -2.06. The van der Waals surface area contributed by atoms with Crippen LogP contribution in [0.1, 0.15) is 39.0 Å². The second kappa shape index (κ2) is 8.83. The molecule has 4 aromatic rings. The molecule has 1 aliphatic rings. The lowest BCUT2D eigenvalue weighted by Crippen LogP contribution is -2.09. The monoisotopic (exact) mass is 518 g/mol. The second-order valence-electron chi connectivity index (χ2n) is 7.63. The van der Waals surface area contributed by atoms with Gasteiger partial charge in [-0.2, -0.15) is 0 Å². The van der Waals surface area contributed by atoms with Crippen molar-refractivity contribution in [2.24, 2.45) is 0 Å². The van der Waals surface area contributed by atoms with Gasteiger partial charge in [-0.25, -0.2) is 4.79 Å². The molecule has 0 unspecified atom stereocenters. The van der Waals surface area contributed by atoms with Gasteiger partial charge in [-0.3, -0.25) is 4.79 Å². The van der Waals surface area contributed by atoms with Crippen LogP contribution in [-0.2, 0) is 0 Å². The fraction of sp³-hybridized carbons (Fsp3) is 0.111. The first-order valence-corrected chi connectivity index (χ1v) is 11.4. The van der Waals surface area contributed by atoms with Gasteiger partial charge < -0.3 is 18.6 Å². The summed E-state index contributed by atoms with van der Waals surface area (Å²) in [6.45, 7) is 4.10. The average molecular weight is 519 g/mol.